The standard InChI is InChI=1S/C29H30F3N3O5/c1-4-22(33-26(36)19-6-5-7-21(14-19)29(30,31)32)17-23(18(2)3)20-15-24(28(38)8-11-39-12-9-28)34-25(16-20)35-10-13-40-27(35)37/h4-7,14-17,38H,1,8-13H2,2-3H3,(H,33,36)/b22-17+. The van der Waals surface area contributed by atoms with Crippen LogP contribution in [0.5, 0.6) is 0 Å². The molecule has 2 aliphatic rings. The molecule has 2 fully saturated rings. The zero-order valence-electron chi connectivity index (χ0n) is 22.2. The van der Waals surface area contributed by atoms with E-state index >= 15 is 0 Å². The molecule has 2 amide bonds. The first-order valence-electron chi connectivity index (χ1n) is 12.7. The van der Waals surface area contributed by atoms with Gasteiger partial charge in [0.25, 0.3) is 5.91 Å². The van der Waals surface area contributed by atoms with E-state index in [9.17, 15) is 27.9 Å². The summed E-state index contributed by atoms with van der Waals surface area (Å²) in [5, 5.41) is 14.0. The number of nitrogens with one attached hydrogen (secondary N) is 1. The van der Waals surface area contributed by atoms with E-state index in [1.807, 2.05) is 13.8 Å². The van der Waals surface area contributed by atoms with Gasteiger partial charge < -0.3 is 19.9 Å². The monoisotopic (exact) mass is 557 g/mol. The van der Waals surface area contributed by atoms with Crippen LogP contribution < -0.4 is 10.2 Å². The van der Waals surface area contributed by atoms with Crippen molar-refractivity contribution in [3.63, 3.8) is 0 Å². The SMILES string of the molecule is C=C/C(=C\C(=C(C)C)c1cc(N2CCOC2=O)nc(C2(O)CCOCC2)c1)NC(=O)c1cccc(C(F)(F)F)c1. The number of pyridine rings is 1. The van der Waals surface area contributed by atoms with Crippen LogP contribution in [0.4, 0.5) is 23.8 Å². The number of rotatable bonds is 7. The zero-order chi connectivity index (χ0) is 29.1. The van der Waals surface area contributed by atoms with Crippen LogP contribution in [0.25, 0.3) is 5.57 Å². The molecule has 0 aliphatic carbocycles. The first-order valence-corrected chi connectivity index (χ1v) is 12.7. The molecule has 2 saturated heterocycles. The average Bonchev–Trinajstić information content (AvgIpc) is 3.36. The Balaban J connectivity index is 1.73. The van der Waals surface area contributed by atoms with Crippen molar-refractivity contribution in [2.45, 2.75) is 38.5 Å². The van der Waals surface area contributed by atoms with Crippen molar-refractivity contribution in [3.8, 4) is 0 Å². The molecule has 0 spiro atoms. The van der Waals surface area contributed by atoms with Gasteiger partial charge in [0, 0.05) is 37.3 Å². The smallest absolute Gasteiger partial charge is 0.416 e. The Morgan fingerprint density at radius 3 is 2.48 bits per heavy atom. The molecule has 0 atom stereocenters. The molecule has 11 heteroatoms. The third-order valence-corrected chi connectivity index (χ3v) is 6.73. The average molecular weight is 558 g/mol. The van der Waals surface area contributed by atoms with E-state index in [1.54, 1.807) is 18.2 Å². The summed E-state index contributed by atoms with van der Waals surface area (Å²) >= 11 is 0. The maximum atomic E-state index is 13.1. The molecular formula is C29H30F3N3O5. The van der Waals surface area contributed by atoms with Crippen LogP contribution in [0.15, 0.2) is 66.4 Å². The van der Waals surface area contributed by atoms with E-state index in [2.05, 4.69) is 16.9 Å². The Labute approximate surface area is 229 Å². The normalized spacial score (nSPS) is 17.3. The van der Waals surface area contributed by atoms with E-state index < -0.39 is 29.3 Å². The fourth-order valence-corrected chi connectivity index (χ4v) is 4.47. The van der Waals surface area contributed by atoms with Crippen molar-refractivity contribution in [2.75, 3.05) is 31.3 Å². The Bertz CT molecular complexity index is 1370. The number of aromatic nitrogens is 1. The quantitative estimate of drug-likeness (QED) is 0.446. The number of alkyl halides is 3. The van der Waals surface area contributed by atoms with Crippen molar-refractivity contribution < 1.29 is 37.3 Å². The summed E-state index contributed by atoms with van der Waals surface area (Å²) in [5.74, 6) is -0.437. The van der Waals surface area contributed by atoms with Crippen LogP contribution in [-0.2, 0) is 21.3 Å². The minimum Gasteiger partial charge on any atom is -0.447 e. The van der Waals surface area contributed by atoms with Crippen molar-refractivity contribution in [1.29, 1.82) is 0 Å². The second-order valence-corrected chi connectivity index (χ2v) is 9.76. The fourth-order valence-electron chi connectivity index (χ4n) is 4.47. The number of aliphatic hydroxyl groups is 1. The minimum atomic E-state index is -4.59. The third-order valence-electron chi connectivity index (χ3n) is 6.73. The molecule has 0 unspecified atom stereocenters. The summed E-state index contributed by atoms with van der Waals surface area (Å²) in [4.78, 5) is 31.2. The summed E-state index contributed by atoms with van der Waals surface area (Å²) in [6.45, 7) is 8.62. The summed E-state index contributed by atoms with van der Waals surface area (Å²) < 4.78 is 49.9. The Morgan fingerprint density at radius 1 is 1.15 bits per heavy atom. The summed E-state index contributed by atoms with van der Waals surface area (Å²) in [5.41, 5.74) is 0.287. The molecule has 2 aliphatic heterocycles. The van der Waals surface area contributed by atoms with Gasteiger partial charge in [0.1, 0.15) is 18.0 Å². The molecule has 0 saturated carbocycles. The molecule has 0 radical (unpaired) electrons. The number of hydrogen-bond acceptors (Lipinski definition) is 6. The van der Waals surface area contributed by atoms with E-state index in [0.717, 1.165) is 17.7 Å². The van der Waals surface area contributed by atoms with Crippen molar-refractivity contribution in [1.82, 2.24) is 10.3 Å². The molecule has 2 aromatic rings. The number of amides is 2. The molecule has 4 rings (SSSR count). The number of hydrogen-bond donors (Lipinski definition) is 2. The zero-order valence-corrected chi connectivity index (χ0v) is 22.2. The molecule has 2 N–H and O–H groups in total. The van der Waals surface area contributed by atoms with Gasteiger partial charge >= 0.3 is 12.3 Å². The topological polar surface area (TPSA) is 101 Å². The number of halogens is 3. The van der Waals surface area contributed by atoms with Gasteiger partial charge in [0.15, 0.2) is 0 Å². The van der Waals surface area contributed by atoms with Crippen LogP contribution >= 0.6 is 0 Å². The molecular weight excluding hydrogens is 527 g/mol. The lowest BCUT2D eigenvalue weighted by Crippen LogP contribution is -2.35. The predicted molar refractivity (Wildman–Crippen MR) is 142 cm³/mol. The van der Waals surface area contributed by atoms with E-state index in [4.69, 9.17) is 9.47 Å². The highest BCUT2D eigenvalue weighted by molar-refractivity contribution is 5.96. The number of carbonyl (C=O) groups is 2. The number of nitrogens with zero attached hydrogens (tertiary/aromatic N) is 2. The van der Waals surface area contributed by atoms with Crippen molar-refractivity contribution in [2.24, 2.45) is 0 Å². The molecule has 1 aromatic heterocycles. The summed E-state index contributed by atoms with van der Waals surface area (Å²) in [6, 6.07) is 7.54. The molecule has 0 bridgehead atoms. The molecule has 212 valence electrons. The van der Waals surface area contributed by atoms with E-state index in [-0.39, 0.29) is 17.9 Å². The number of cyclic esters (lactones) is 1. The maximum absolute atomic E-state index is 13.1. The minimum absolute atomic E-state index is 0.163. The second kappa shape index (κ2) is 11.6. The largest absolute Gasteiger partial charge is 0.447 e. The number of benzene rings is 1. The second-order valence-electron chi connectivity index (χ2n) is 9.76. The molecule has 3 heterocycles. The highest BCUT2D eigenvalue weighted by atomic mass is 19.4. The summed E-state index contributed by atoms with van der Waals surface area (Å²) in [7, 11) is 0. The van der Waals surface area contributed by atoms with Crippen LogP contribution in [-0.4, -0.2) is 48.5 Å². The number of anilines is 1. The molecule has 40 heavy (non-hydrogen) atoms. The van der Waals surface area contributed by atoms with Crippen molar-refractivity contribution >= 4 is 23.4 Å². The third kappa shape index (κ3) is 6.43. The Morgan fingerprint density at radius 2 is 1.88 bits per heavy atom. The van der Waals surface area contributed by atoms with Gasteiger partial charge in [-0.3, -0.25) is 9.69 Å². The summed E-state index contributed by atoms with van der Waals surface area (Å²) in [6.07, 6.45) is -1.50. The van der Waals surface area contributed by atoms with Gasteiger partial charge in [0.2, 0.25) is 0 Å². The predicted octanol–water partition coefficient (Wildman–Crippen LogP) is 5.35. The van der Waals surface area contributed by atoms with Gasteiger partial charge in [-0.05, 0) is 67.5 Å². The first kappa shape index (κ1) is 29.0. The van der Waals surface area contributed by atoms with Crippen LogP contribution in [0.3, 0.4) is 0 Å². The van der Waals surface area contributed by atoms with Gasteiger partial charge in [-0.15, -0.1) is 0 Å². The number of ether oxygens (including phenoxy) is 2. The number of allylic oxidation sites excluding steroid dienone is 4. The van der Waals surface area contributed by atoms with Crippen molar-refractivity contribution in [3.05, 3.63) is 88.8 Å². The first-order chi connectivity index (χ1) is 18.9. The van der Waals surface area contributed by atoms with Crippen LogP contribution in [0, 0.1) is 0 Å². The highest BCUT2D eigenvalue weighted by Gasteiger charge is 2.36. The molecule has 8 nitrogen and oxygen atoms in total. The van der Waals surface area contributed by atoms with Gasteiger partial charge in [-0.25, -0.2) is 9.78 Å². The van der Waals surface area contributed by atoms with Gasteiger partial charge in [0.05, 0.1) is 17.8 Å². The Hall–Kier alpha value is -3.96. The highest BCUT2D eigenvalue weighted by Crippen LogP contribution is 2.36. The van der Waals surface area contributed by atoms with E-state index in [0.29, 0.717) is 55.2 Å². The van der Waals surface area contributed by atoms with Gasteiger partial charge in [-0.2, -0.15) is 13.2 Å². The van der Waals surface area contributed by atoms with Gasteiger partial charge in [-0.1, -0.05) is 18.2 Å². The van der Waals surface area contributed by atoms with E-state index in [1.165, 1.54) is 23.1 Å². The fraction of sp³-hybridized carbons (Fsp3) is 0.345. The molecule has 1 aromatic carbocycles. The Kier molecular flexibility index (Phi) is 8.45. The van der Waals surface area contributed by atoms with Crippen LogP contribution in [0.2, 0.25) is 0 Å². The lowest BCUT2D eigenvalue weighted by molar-refractivity contribution is -0.137. The lowest BCUT2D eigenvalue weighted by Gasteiger charge is -2.32. The lowest BCUT2D eigenvalue weighted by atomic mass is 9.88. The van der Waals surface area contributed by atoms with Crippen LogP contribution in [0.1, 0.15) is 53.9 Å². The number of carbonyl (C=O) groups excluding carboxylic acids is 2. The maximum Gasteiger partial charge on any atom is 0.416 e.